The molecule has 0 spiro atoms. The molecule has 29 heavy (non-hydrogen) atoms. The van der Waals surface area contributed by atoms with Crippen LogP contribution in [0.25, 0.3) is 0 Å². The molecule has 2 amide bonds. The summed E-state index contributed by atoms with van der Waals surface area (Å²) in [5.41, 5.74) is 1.35. The minimum Gasteiger partial charge on any atom is -0.508 e. The zero-order valence-corrected chi connectivity index (χ0v) is 18.4. The normalized spacial score (nSPS) is 17.6. The highest BCUT2D eigenvalue weighted by Gasteiger charge is 2.39. The molecule has 2 unspecified atom stereocenters. The highest BCUT2D eigenvalue weighted by molar-refractivity contribution is 9.10. The van der Waals surface area contributed by atoms with Crippen LogP contribution in [0.1, 0.15) is 49.6 Å². The van der Waals surface area contributed by atoms with Crippen molar-refractivity contribution in [2.24, 2.45) is 5.92 Å². The second kappa shape index (κ2) is 8.98. The molecule has 0 aliphatic carbocycles. The Bertz CT molecular complexity index is 896. The van der Waals surface area contributed by atoms with E-state index >= 15 is 0 Å². The number of aromatic hydroxyl groups is 1. The van der Waals surface area contributed by atoms with Crippen LogP contribution >= 0.6 is 15.9 Å². The quantitative estimate of drug-likeness (QED) is 0.683. The molecule has 1 fully saturated rings. The van der Waals surface area contributed by atoms with Gasteiger partial charge in [-0.3, -0.25) is 9.59 Å². The molecule has 2 atom stereocenters. The fourth-order valence-electron chi connectivity index (χ4n) is 3.73. The van der Waals surface area contributed by atoms with Crippen molar-refractivity contribution in [1.82, 2.24) is 15.4 Å². The average Bonchev–Trinajstić information content (AvgIpc) is 3.30. The van der Waals surface area contributed by atoms with E-state index in [-0.39, 0.29) is 30.0 Å². The van der Waals surface area contributed by atoms with Crippen LogP contribution in [0.4, 0.5) is 0 Å². The van der Waals surface area contributed by atoms with E-state index in [1.165, 1.54) is 0 Å². The van der Waals surface area contributed by atoms with Crippen LogP contribution in [-0.2, 0) is 16.1 Å². The van der Waals surface area contributed by atoms with Gasteiger partial charge < -0.3 is 19.8 Å². The topological polar surface area (TPSA) is 95.7 Å². The summed E-state index contributed by atoms with van der Waals surface area (Å²) < 4.78 is 6.13. The summed E-state index contributed by atoms with van der Waals surface area (Å²) in [5.74, 6) is -0.137. The maximum atomic E-state index is 13.3. The molecule has 2 aromatic rings. The first kappa shape index (κ1) is 21.4. The van der Waals surface area contributed by atoms with Gasteiger partial charge in [0.15, 0.2) is 0 Å². The molecule has 2 N–H and O–H groups in total. The first-order chi connectivity index (χ1) is 13.8. The van der Waals surface area contributed by atoms with E-state index in [0.29, 0.717) is 24.3 Å². The van der Waals surface area contributed by atoms with Crippen LogP contribution in [0.2, 0.25) is 0 Å². The number of phenolic OH excluding ortho intramolecular Hbond substituents is 1. The van der Waals surface area contributed by atoms with Gasteiger partial charge in [0.2, 0.25) is 11.8 Å². The van der Waals surface area contributed by atoms with Gasteiger partial charge in [-0.1, -0.05) is 41.0 Å². The number of amides is 2. The molecule has 156 valence electrons. The van der Waals surface area contributed by atoms with Crippen molar-refractivity contribution in [2.45, 2.75) is 52.1 Å². The zero-order valence-electron chi connectivity index (χ0n) is 16.8. The second-order valence-electron chi connectivity index (χ2n) is 7.77. The number of rotatable bonds is 6. The van der Waals surface area contributed by atoms with Gasteiger partial charge in [-0.15, -0.1) is 0 Å². The van der Waals surface area contributed by atoms with Gasteiger partial charge in [0.05, 0.1) is 5.69 Å². The highest BCUT2D eigenvalue weighted by atomic mass is 79.9. The molecule has 8 heteroatoms. The molecule has 1 aliphatic rings. The number of carbonyl (C=O) groups excluding carboxylic acids is 2. The van der Waals surface area contributed by atoms with Crippen molar-refractivity contribution in [3.05, 3.63) is 45.8 Å². The Kier molecular flexibility index (Phi) is 6.62. The smallest absolute Gasteiger partial charge is 0.243 e. The molecule has 0 bridgehead atoms. The summed E-state index contributed by atoms with van der Waals surface area (Å²) in [6.07, 6.45) is 1.39. The Balaban J connectivity index is 1.70. The van der Waals surface area contributed by atoms with Crippen molar-refractivity contribution in [1.29, 1.82) is 0 Å². The number of phenols is 1. The number of halogens is 1. The van der Waals surface area contributed by atoms with Gasteiger partial charge in [-0.05, 0) is 37.8 Å². The number of carbonyl (C=O) groups is 2. The van der Waals surface area contributed by atoms with Crippen molar-refractivity contribution < 1.29 is 19.2 Å². The minimum absolute atomic E-state index is 0.0128. The van der Waals surface area contributed by atoms with Crippen LogP contribution in [0.15, 0.2) is 33.3 Å². The second-order valence-corrected chi connectivity index (χ2v) is 8.69. The van der Waals surface area contributed by atoms with E-state index in [9.17, 15) is 14.7 Å². The highest BCUT2D eigenvalue weighted by Crippen LogP contribution is 2.31. The molecule has 1 aromatic heterocycles. The van der Waals surface area contributed by atoms with Crippen LogP contribution in [0.5, 0.6) is 5.75 Å². The van der Waals surface area contributed by atoms with Gasteiger partial charge in [-0.2, -0.15) is 0 Å². The number of nitrogens with one attached hydrogen (secondary N) is 1. The van der Waals surface area contributed by atoms with E-state index in [1.54, 1.807) is 29.2 Å². The standard InChI is InChI=1S/C21H26BrN3O4/c1-12(2)19(18-9-13(3)24-29-18)21(28)25-8-4-5-16(25)20(27)23-11-14-6-7-15(22)10-17(14)26/h6-7,9-10,12,16,19,26H,4-5,8,11H2,1-3H3,(H,23,27). The van der Waals surface area contributed by atoms with Crippen molar-refractivity contribution in [3.63, 3.8) is 0 Å². The maximum Gasteiger partial charge on any atom is 0.243 e. The van der Waals surface area contributed by atoms with Crippen LogP contribution in [0, 0.1) is 12.8 Å². The van der Waals surface area contributed by atoms with Gasteiger partial charge in [-0.25, -0.2) is 0 Å². The first-order valence-electron chi connectivity index (χ1n) is 9.76. The molecule has 7 nitrogen and oxygen atoms in total. The van der Waals surface area contributed by atoms with Gasteiger partial charge in [0.25, 0.3) is 0 Å². The predicted molar refractivity (Wildman–Crippen MR) is 111 cm³/mol. The summed E-state index contributed by atoms with van der Waals surface area (Å²) in [5, 5.41) is 16.8. The molecule has 0 saturated carbocycles. The molecule has 0 radical (unpaired) electrons. The molecular weight excluding hydrogens is 438 g/mol. The molecule has 1 saturated heterocycles. The average molecular weight is 464 g/mol. The third-order valence-electron chi connectivity index (χ3n) is 5.22. The number of likely N-dealkylation sites (tertiary alicyclic amines) is 1. The summed E-state index contributed by atoms with van der Waals surface area (Å²) in [7, 11) is 0. The predicted octanol–water partition coefficient (Wildman–Crippen LogP) is 3.50. The third kappa shape index (κ3) is 4.80. The number of hydrogen-bond donors (Lipinski definition) is 2. The fraction of sp³-hybridized carbons (Fsp3) is 0.476. The Labute approximate surface area is 178 Å². The van der Waals surface area contributed by atoms with Crippen molar-refractivity contribution in [3.8, 4) is 5.75 Å². The van der Waals surface area contributed by atoms with E-state index in [0.717, 1.165) is 16.6 Å². The van der Waals surface area contributed by atoms with Crippen molar-refractivity contribution >= 4 is 27.7 Å². The lowest BCUT2D eigenvalue weighted by atomic mass is 9.91. The monoisotopic (exact) mass is 463 g/mol. The number of aromatic nitrogens is 1. The largest absolute Gasteiger partial charge is 0.508 e. The van der Waals surface area contributed by atoms with Crippen LogP contribution in [0.3, 0.4) is 0 Å². The molecule has 1 aromatic carbocycles. The number of aryl methyl sites for hydroxylation is 1. The third-order valence-corrected chi connectivity index (χ3v) is 5.72. The van der Waals surface area contributed by atoms with Gasteiger partial charge in [0, 0.05) is 29.2 Å². The van der Waals surface area contributed by atoms with Crippen LogP contribution in [-0.4, -0.2) is 39.6 Å². The number of hydrogen-bond acceptors (Lipinski definition) is 5. The van der Waals surface area contributed by atoms with Crippen molar-refractivity contribution in [2.75, 3.05) is 6.54 Å². The Hall–Kier alpha value is -2.35. The zero-order chi connectivity index (χ0) is 21.1. The van der Waals surface area contributed by atoms with Gasteiger partial charge >= 0.3 is 0 Å². The lowest BCUT2D eigenvalue weighted by Gasteiger charge is -2.29. The lowest BCUT2D eigenvalue weighted by molar-refractivity contribution is -0.140. The Morgan fingerprint density at radius 1 is 1.38 bits per heavy atom. The van der Waals surface area contributed by atoms with E-state index in [4.69, 9.17) is 4.52 Å². The van der Waals surface area contributed by atoms with Gasteiger partial charge in [0.1, 0.15) is 23.5 Å². The van der Waals surface area contributed by atoms with Crippen LogP contribution < -0.4 is 5.32 Å². The summed E-state index contributed by atoms with van der Waals surface area (Å²) in [6.45, 7) is 6.48. The maximum absolute atomic E-state index is 13.3. The molecule has 2 heterocycles. The summed E-state index contributed by atoms with van der Waals surface area (Å²) in [6, 6.07) is 6.39. The van der Waals surface area contributed by atoms with E-state index in [2.05, 4.69) is 26.4 Å². The number of nitrogens with zero attached hydrogens (tertiary/aromatic N) is 2. The number of benzene rings is 1. The molecule has 1 aliphatic heterocycles. The van der Waals surface area contributed by atoms with E-state index in [1.807, 2.05) is 20.8 Å². The Morgan fingerprint density at radius 2 is 2.14 bits per heavy atom. The summed E-state index contributed by atoms with van der Waals surface area (Å²) in [4.78, 5) is 27.8. The molecule has 3 rings (SSSR count). The van der Waals surface area contributed by atoms with E-state index < -0.39 is 12.0 Å². The SMILES string of the molecule is Cc1cc(C(C(=O)N2CCCC2C(=O)NCc2ccc(Br)cc2O)C(C)C)on1. The first-order valence-corrected chi connectivity index (χ1v) is 10.6. The fourth-order valence-corrected chi connectivity index (χ4v) is 4.08. The lowest BCUT2D eigenvalue weighted by Crippen LogP contribution is -2.47. The summed E-state index contributed by atoms with van der Waals surface area (Å²) >= 11 is 3.30. The Morgan fingerprint density at radius 3 is 2.76 bits per heavy atom. The minimum atomic E-state index is -0.523. The molecular formula is C21H26BrN3O4.